The molecule has 1 aromatic rings. The van der Waals surface area contributed by atoms with Gasteiger partial charge in [0, 0.05) is 30.6 Å². The summed E-state index contributed by atoms with van der Waals surface area (Å²) in [6.07, 6.45) is 4.85. The monoisotopic (exact) mass is 249 g/mol. The molecule has 1 fully saturated rings. The highest BCUT2D eigenvalue weighted by molar-refractivity contribution is 8.00. The molecule has 1 aliphatic carbocycles. The second-order valence-electron chi connectivity index (χ2n) is 4.80. The number of hydrogen-bond donors (Lipinski definition) is 1. The van der Waals surface area contributed by atoms with E-state index in [-0.39, 0.29) is 0 Å². The van der Waals surface area contributed by atoms with E-state index in [0.717, 1.165) is 18.8 Å². The van der Waals surface area contributed by atoms with Crippen LogP contribution in [0.25, 0.3) is 0 Å². The molecule has 0 aromatic carbocycles. The SMILES string of the molecule is CSC1(CNCc2cc(C#N)n(C)c2C)CC1. The van der Waals surface area contributed by atoms with Crippen LogP contribution in [0.15, 0.2) is 6.07 Å². The third-order valence-electron chi connectivity index (χ3n) is 3.76. The topological polar surface area (TPSA) is 40.8 Å². The molecule has 2 rings (SSSR count). The molecule has 4 heteroatoms. The zero-order valence-corrected chi connectivity index (χ0v) is 11.5. The van der Waals surface area contributed by atoms with Crippen molar-refractivity contribution < 1.29 is 0 Å². The molecule has 0 aliphatic heterocycles. The Hall–Kier alpha value is -0.920. The van der Waals surface area contributed by atoms with Crippen molar-refractivity contribution in [3.05, 3.63) is 23.0 Å². The molecule has 0 amide bonds. The molecule has 3 nitrogen and oxygen atoms in total. The lowest BCUT2D eigenvalue weighted by Crippen LogP contribution is -2.25. The normalized spacial score (nSPS) is 16.8. The molecule has 1 heterocycles. The van der Waals surface area contributed by atoms with Crippen LogP contribution >= 0.6 is 11.8 Å². The van der Waals surface area contributed by atoms with Gasteiger partial charge in [0.05, 0.1) is 0 Å². The van der Waals surface area contributed by atoms with Gasteiger partial charge in [-0.25, -0.2) is 0 Å². The largest absolute Gasteiger partial charge is 0.340 e. The van der Waals surface area contributed by atoms with Crippen molar-refractivity contribution >= 4 is 11.8 Å². The van der Waals surface area contributed by atoms with Gasteiger partial charge >= 0.3 is 0 Å². The van der Waals surface area contributed by atoms with E-state index < -0.39 is 0 Å². The van der Waals surface area contributed by atoms with Gasteiger partial charge in [0.2, 0.25) is 0 Å². The summed E-state index contributed by atoms with van der Waals surface area (Å²) >= 11 is 1.97. The number of hydrogen-bond acceptors (Lipinski definition) is 3. The van der Waals surface area contributed by atoms with E-state index in [1.54, 1.807) is 0 Å². The highest BCUT2D eigenvalue weighted by Gasteiger charge is 2.41. The number of nitrogens with one attached hydrogen (secondary N) is 1. The third kappa shape index (κ3) is 2.51. The molecule has 0 unspecified atom stereocenters. The van der Waals surface area contributed by atoms with Gasteiger partial charge in [-0.15, -0.1) is 0 Å². The first kappa shape index (κ1) is 12.5. The minimum Gasteiger partial charge on any atom is -0.340 e. The number of nitriles is 1. The predicted molar refractivity (Wildman–Crippen MR) is 72.1 cm³/mol. The van der Waals surface area contributed by atoms with Crippen LogP contribution in [0.5, 0.6) is 0 Å². The van der Waals surface area contributed by atoms with E-state index in [2.05, 4.69) is 24.6 Å². The molecular formula is C13H19N3S. The smallest absolute Gasteiger partial charge is 0.120 e. The fourth-order valence-corrected chi connectivity index (χ4v) is 2.82. The summed E-state index contributed by atoms with van der Waals surface area (Å²) in [4.78, 5) is 0. The van der Waals surface area contributed by atoms with Crippen LogP contribution in [0.1, 0.15) is 29.8 Å². The lowest BCUT2D eigenvalue weighted by molar-refractivity contribution is 0.659. The minimum atomic E-state index is 0.501. The Labute approximate surface area is 107 Å². The molecule has 0 atom stereocenters. The summed E-state index contributed by atoms with van der Waals surface area (Å²) in [5, 5.41) is 12.5. The lowest BCUT2D eigenvalue weighted by atomic mass is 10.2. The van der Waals surface area contributed by atoms with Crippen LogP contribution in [0.3, 0.4) is 0 Å². The van der Waals surface area contributed by atoms with Gasteiger partial charge < -0.3 is 9.88 Å². The Morgan fingerprint density at radius 1 is 1.59 bits per heavy atom. The Morgan fingerprint density at radius 3 is 2.76 bits per heavy atom. The number of nitrogens with zero attached hydrogens (tertiary/aromatic N) is 2. The fraction of sp³-hybridized carbons (Fsp3) is 0.615. The summed E-state index contributed by atoms with van der Waals surface area (Å²) in [5.41, 5.74) is 3.16. The Bertz CT molecular complexity index is 452. The molecule has 1 N–H and O–H groups in total. The van der Waals surface area contributed by atoms with E-state index in [0.29, 0.717) is 4.75 Å². The maximum atomic E-state index is 8.96. The average Bonchev–Trinajstić information content (AvgIpc) is 3.07. The first-order valence-corrected chi connectivity index (χ1v) is 7.15. The van der Waals surface area contributed by atoms with Gasteiger partial charge in [0.15, 0.2) is 0 Å². The molecule has 1 aromatic heterocycles. The summed E-state index contributed by atoms with van der Waals surface area (Å²) in [7, 11) is 1.95. The summed E-state index contributed by atoms with van der Waals surface area (Å²) in [5.74, 6) is 0. The second kappa shape index (κ2) is 4.75. The van der Waals surface area contributed by atoms with E-state index >= 15 is 0 Å². The van der Waals surface area contributed by atoms with Gasteiger partial charge in [0.25, 0.3) is 0 Å². The summed E-state index contributed by atoms with van der Waals surface area (Å²) in [6.45, 7) is 4.01. The highest BCUT2D eigenvalue weighted by Crippen LogP contribution is 2.46. The van der Waals surface area contributed by atoms with Crippen LogP contribution in [-0.2, 0) is 13.6 Å². The molecule has 0 bridgehead atoms. The quantitative estimate of drug-likeness (QED) is 0.869. The third-order valence-corrected chi connectivity index (χ3v) is 5.18. The zero-order valence-electron chi connectivity index (χ0n) is 10.7. The number of aromatic nitrogens is 1. The van der Waals surface area contributed by atoms with Crippen LogP contribution in [0, 0.1) is 18.3 Å². The van der Waals surface area contributed by atoms with Crippen molar-refractivity contribution in [3.63, 3.8) is 0 Å². The fourth-order valence-electron chi connectivity index (χ4n) is 2.07. The van der Waals surface area contributed by atoms with E-state index in [4.69, 9.17) is 5.26 Å². The molecule has 0 spiro atoms. The van der Waals surface area contributed by atoms with Crippen LogP contribution in [0.2, 0.25) is 0 Å². The lowest BCUT2D eigenvalue weighted by Gasteiger charge is -2.12. The molecule has 0 saturated heterocycles. The van der Waals surface area contributed by atoms with E-state index in [1.165, 1.54) is 24.1 Å². The van der Waals surface area contributed by atoms with Gasteiger partial charge in [-0.2, -0.15) is 17.0 Å². The molecule has 1 saturated carbocycles. The first-order valence-electron chi connectivity index (χ1n) is 5.93. The minimum absolute atomic E-state index is 0.501. The van der Waals surface area contributed by atoms with Crippen LogP contribution < -0.4 is 5.32 Å². The molecule has 1 aliphatic rings. The maximum Gasteiger partial charge on any atom is 0.120 e. The Kier molecular flexibility index (Phi) is 3.50. The predicted octanol–water partition coefficient (Wildman–Crippen LogP) is 2.19. The Balaban J connectivity index is 1.93. The average molecular weight is 249 g/mol. The van der Waals surface area contributed by atoms with E-state index in [9.17, 15) is 0 Å². The van der Waals surface area contributed by atoms with Crippen molar-refractivity contribution in [2.45, 2.75) is 31.1 Å². The van der Waals surface area contributed by atoms with Crippen LogP contribution in [0.4, 0.5) is 0 Å². The summed E-state index contributed by atoms with van der Waals surface area (Å²) in [6, 6.07) is 4.20. The maximum absolute atomic E-state index is 8.96. The molecule has 17 heavy (non-hydrogen) atoms. The molecular weight excluding hydrogens is 230 g/mol. The second-order valence-corrected chi connectivity index (χ2v) is 6.08. The number of thioether (sulfide) groups is 1. The summed E-state index contributed by atoms with van der Waals surface area (Å²) < 4.78 is 2.46. The van der Waals surface area contributed by atoms with Gasteiger partial charge in [-0.3, -0.25) is 0 Å². The van der Waals surface area contributed by atoms with Crippen LogP contribution in [-0.4, -0.2) is 22.1 Å². The molecule has 0 radical (unpaired) electrons. The van der Waals surface area contributed by atoms with Gasteiger partial charge in [-0.1, -0.05) is 0 Å². The van der Waals surface area contributed by atoms with Gasteiger partial charge in [-0.05, 0) is 37.7 Å². The number of rotatable bonds is 5. The van der Waals surface area contributed by atoms with E-state index in [1.807, 2.05) is 29.4 Å². The standard InChI is InChI=1S/C13H19N3S/c1-10-11(6-12(7-14)16(10)2)8-15-9-13(17-3)4-5-13/h6,15H,4-5,8-9H2,1-3H3. The van der Waals surface area contributed by atoms with Crippen molar-refractivity contribution in [1.82, 2.24) is 9.88 Å². The van der Waals surface area contributed by atoms with Crippen molar-refractivity contribution in [2.24, 2.45) is 7.05 Å². The van der Waals surface area contributed by atoms with Crippen molar-refractivity contribution in [1.29, 1.82) is 5.26 Å². The van der Waals surface area contributed by atoms with Crippen molar-refractivity contribution in [3.8, 4) is 6.07 Å². The molecule has 92 valence electrons. The Morgan fingerprint density at radius 2 is 2.29 bits per heavy atom. The zero-order chi connectivity index (χ0) is 12.5. The first-order chi connectivity index (χ1) is 8.12. The van der Waals surface area contributed by atoms with Crippen molar-refractivity contribution in [2.75, 3.05) is 12.8 Å². The highest BCUT2D eigenvalue weighted by atomic mass is 32.2. The van der Waals surface area contributed by atoms with Gasteiger partial charge in [0.1, 0.15) is 11.8 Å².